The Kier molecular flexibility index (Phi) is 4.75. The van der Waals surface area contributed by atoms with E-state index in [0.29, 0.717) is 6.54 Å². The number of carbonyl (C=O) groups excluding carboxylic acids is 1. The van der Waals surface area contributed by atoms with E-state index in [2.05, 4.69) is 23.3 Å². The zero-order chi connectivity index (χ0) is 17.9. The summed E-state index contributed by atoms with van der Waals surface area (Å²) < 4.78 is 0. The molecule has 0 spiro atoms. The van der Waals surface area contributed by atoms with Crippen LogP contribution in [0.3, 0.4) is 0 Å². The molecule has 4 rings (SSSR count). The van der Waals surface area contributed by atoms with Crippen LogP contribution in [0.15, 0.2) is 69.6 Å². The van der Waals surface area contributed by atoms with Gasteiger partial charge in [-0.2, -0.15) is 10.1 Å². The van der Waals surface area contributed by atoms with E-state index in [0.717, 1.165) is 28.3 Å². The summed E-state index contributed by atoms with van der Waals surface area (Å²) in [6, 6.07) is 17.9. The van der Waals surface area contributed by atoms with E-state index in [1.54, 1.807) is 23.0 Å². The molecule has 6 heteroatoms. The van der Waals surface area contributed by atoms with Crippen molar-refractivity contribution in [2.24, 2.45) is 16.0 Å². The molecule has 0 aliphatic carbocycles. The van der Waals surface area contributed by atoms with Gasteiger partial charge in [0.15, 0.2) is 5.50 Å². The van der Waals surface area contributed by atoms with Gasteiger partial charge < -0.3 is 5.32 Å². The van der Waals surface area contributed by atoms with Crippen molar-refractivity contribution >= 4 is 35.3 Å². The molecule has 2 aliphatic rings. The number of hydrazone groups is 1. The first-order valence-electron chi connectivity index (χ1n) is 8.77. The smallest absolute Gasteiger partial charge is 0.260 e. The molecule has 2 aromatic carbocycles. The Morgan fingerprint density at radius 3 is 2.73 bits per heavy atom. The van der Waals surface area contributed by atoms with Crippen molar-refractivity contribution in [1.82, 2.24) is 5.01 Å². The molecule has 0 radical (unpaired) electrons. The number of carbonyl (C=O) groups is 1. The molecule has 26 heavy (non-hydrogen) atoms. The predicted octanol–water partition coefficient (Wildman–Crippen LogP) is 3.83. The van der Waals surface area contributed by atoms with E-state index < -0.39 is 5.92 Å². The monoisotopic (exact) mass is 364 g/mol. The number of thioether (sulfide) groups is 1. The number of anilines is 1. The second kappa shape index (κ2) is 7.33. The summed E-state index contributed by atoms with van der Waals surface area (Å²) >= 11 is 1.61. The minimum absolute atomic E-state index is 0.0403. The highest BCUT2D eigenvalue weighted by Crippen LogP contribution is 2.41. The van der Waals surface area contributed by atoms with Crippen LogP contribution in [0.5, 0.6) is 0 Å². The molecule has 0 bridgehead atoms. The Morgan fingerprint density at radius 2 is 1.96 bits per heavy atom. The number of hydrogen-bond donors (Lipinski definition) is 1. The first-order chi connectivity index (χ1) is 12.8. The number of benzene rings is 2. The number of fused-ring (bicyclic) bond motifs is 1. The quantitative estimate of drug-likeness (QED) is 0.821. The summed E-state index contributed by atoms with van der Waals surface area (Å²) in [5.41, 5.74) is 2.52. The van der Waals surface area contributed by atoms with Crippen LogP contribution in [0, 0.1) is 5.92 Å². The highest BCUT2D eigenvalue weighted by molar-refractivity contribution is 8.00. The lowest BCUT2D eigenvalue weighted by Crippen LogP contribution is -2.37. The van der Waals surface area contributed by atoms with Crippen LogP contribution in [0.1, 0.15) is 18.9 Å². The van der Waals surface area contributed by atoms with E-state index in [1.165, 1.54) is 0 Å². The molecule has 1 unspecified atom stereocenters. The van der Waals surface area contributed by atoms with Gasteiger partial charge in [-0.05, 0) is 24.1 Å². The number of aliphatic imine (C=N–C) groups is 1. The maximum atomic E-state index is 13.1. The van der Waals surface area contributed by atoms with Gasteiger partial charge >= 0.3 is 0 Å². The molecule has 0 fully saturated rings. The van der Waals surface area contributed by atoms with Gasteiger partial charge in [-0.25, -0.2) is 0 Å². The summed E-state index contributed by atoms with van der Waals surface area (Å²) in [7, 11) is 0. The normalized spacial score (nSPS) is 21.8. The molecule has 2 aliphatic heterocycles. The molecule has 0 saturated heterocycles. The number of para-hydroxylation sites is 1. The highest BCUT2D eigenvalue weighted by atomic mass is 32.2. The Balaban J connectivity index is 1.64. The Hall–Kier alpha value is -2.60. The standard InChI is InChI=1S/C20H20N4OS/c1-2-12-21-13-15-18(14-8-4-3-5-9-14)23-24(19(15)25)20-22-16-10-6-7-11-17(16)26-20/h3-11,13,15,20,22H,2,12H2,1H3/t15?,20-/m1/s1. The second-order valence-electron chi connectivity index (χ2n) is 6.18. The molecule has 1 amide bonds. The molecular weight excluding hydrogens is 344 g/mol. The lowest BCUT2D eigenvalue weighted by Gasteiger charge is -2.20. The summed E-state index contributed by atoms with van der Waals surface area (Å²) in [6.45, 7) is 2.79. The first kappa shape index (κ1) is 16.8. The fourth-order valence-corrected chi connectivity index (χ4v) is 4.12. The van der Waals surface area contributed by atoms with Gasteiger partial charge in [-0.15, -0.1) is 0 Å². The number of rotatable bonds is 5. The van der Waals surface area contributed by atoms with Crippen molar-refractivity contribution in [2.45, 2.75) is 23.7 Å². The van der Waals surface area contributed by atoms with Crippen molar-refractivity contribution in [3.63, 3.8) is 0 Å². The van der Waals surface area contributed by atoms with E-state index in [4.69, 9.17) is 5.10 Å². The maximum Gasteiger partial charge on any atom is 0.260 e. The van der Waals surface area contributed by atoms with E-state index in [-0.39, 0.29) is 11.4 Å². The number of hydrogen-bond acceptors (Lipinski definition) is 5. The van der Waals surface area contributed by atoms with Gasteiger partial charge in [-0.3, -0.25) is 9.79 Å². The zero-order valence-electron chi connectivity index (χ0n) is 14.5. The van der Waals surface area contributed by atoms with Crippen molar-refractivity contribution in [1.29, 1.82) is 0 Å². The molecule has 1 N–H and O–H groups in total. The summed E-state index contributed by atoms with van der Waals surface area (Å²) in [4.78, 5) is 18.6. The minimum Gasteiger partial charge on any atom is -0.354 e. The van der Waals surface area contributed by atoms with E-state index >= 15 is 0 Å². The average Bonchev–Trinajstić information content (AvgIpc) is 3.24. The Morgan fingerprint density at radius 1 is 1.19 bits per heavy atom. The third-order valence-corrected chi connectivity index (χ3v) is 5.46. The summed E-state index contributed by atoms with van der Waals surface area (Å²) in [5.74, 6) is -0.475. The van der Waals surface area contributed by atoms with Gasteiger partial charge in [-0.1, -0.05) is 61.2 Å². The Bertz CT molecular complexity index is 840. The van der Waals surface area contributed by atoms with Crippen molar-refractivity contribution in [3.8, 4) is 0 Å². The molecule has 0 aromatic heterocycles. The topological polar surface area (TPSA) is 57.1 Å². The van der Waals surface area contributed by atoms with Gasteiger partial charge in [0.1, 0.15) is 5.92 Å². The Labute approximate surface area is 157 Å². The van der Waals surface area contributed by atoms with Crippen molar-refractivity contribution in [2.75, 3.05) is 11.9 Å². The van der Waals surface area contributed by atoms with E-state index in [9.17, 15) is 4.79 Å². The molecule has 132 valence electrons. The van der Waals surface area contributed by atoms with Gasteiger partial charge in [0.25, 0.3) is 5.91 Å². The number of nitrogens with zero attached hydrogens (tertiary/aromatic N) is 3. The average molecular weight is 364 g/mol. The minimum atomic E-state index is -0.435. The SMILES string of the molecule is CCCN=CC1C(=O)N([C@H]2Nc3ccccc3S2)N=C1c1ccccc1. The zero-order valence-corrected chi connectivity index (χ0v) is 15.3. The van der Waals surface area contributed by atoms with Crippen molar-refractivity contribution in [3.05, 3.63) is 60.2 Å². The van der Waals surface area contributed by atoms with Crippen LogP contribution < -0.4 is 5.32 Å². The first-order valence-corrected chi connectivity index (χ1v) is 9.65. The fraction of sp³-hybridized carbons (Fsp3) is 0.250. The van der Waals surface area contributed by atoms with Crippen LogP contribution in [0.25, 0.3) is 0 Å². The maximum absolute atomic E-state index is 13.1. The van der Waals surface area contributed by atoms with Gasteiger partial charge in [0, 0.05) is 17.7 Å². The molecule has 0 saturated carbocycles. The van der Waals surface area contributed by atoms with Crippen LogP contribution >= 0.6 is 11.8 Å². The number of nitrogens with one attached hydrogen (secondary N) is 1. The second-order valence-corrected chi connectivity index (χ2v) is 7.30. The third kappa shape index (κ3) is 3.12. The van der Waals surface area contributed by atoms with Crippen LogP contribution in [0.4, 0.5) is 5.69 Å². The molecule has 2 heterocycles. The lowest BCUT2D eigenvalue weighted by molar-refractivity contribution is -0.130. The summed E-state index contributed by atoms with van der Waals surface area (Å²) in [6.07, 6.45) is 2.71. The molecule has 2 atom stereocenters. The van der Waals surface area contributed by atoms with Crippen LogP contribution in [-0.4, -0.2) is 34.9 Å². The number of amides is 1. The van der Waals surface area contributed by atoms with Crippen LogP contribution in [-0.2, 0) is 4.79 Å². The largest absolute Gasteiger partial charge is 0.354 e. The third-order valence-electron chi connectivity index (χ3n) is 4.31. The van der Waals surface area contributed by atoms with Crippen molar-refractivity contribution < 1.29 is 4.79 Å². The molecule has 2 aromatic rings. The lowest BCUT2D eigenvalue weighted by atomic mass is 9.98. The van der Waals surface area contributed by atoms with Crippen LogP contribution in [0.2, 0.25) is 0 Å². The van der Waals surface area contributed by atoms with E-state index in [1.807, 2.05) is 48.5 Å². The van der Waals surface area contributed by atoms with Gasteiger partial charge in [0.05, 0.1) is 11.4 Å². The summed E-state index contributed by atoms with van der Waals surface area (Å²) in [5, 5.41) is 9.64. The highest BCUT2D eigenvalue weighted by Gasteiger charge is 2.41. The molecular formula is C20H20N4OS. The fourth-order valence-electron chi connectivity index (χ4n) is 3.03. The predicted molar refractivity (Wildman–Crippen MR) is 107 cm³/mol. The molecule has 5 nitrogen and oxygen atoms in total. The van der Waals surface area contributed by atoms with Gasteiger partial charge in [0.2, 0.25) is 0 Å².